The summed E-state index contributed by atoms with van der Waals surface area (Å²) in [7, 11) is -1.70. The van der Waals surface area contributed by atoms with Gasteiger partial charge in [0.1, 0.15) is 6.61 Å². The molecule has 0 radical (unpaired) electrons. The van der Waals surface area contributed by atoms with Crippen molar-refractivity contribution in [3.63, 3.8) is 0 Å². The van der Waals surface area contributed by atoms with Crippen LogP contribution in [0.4, 0.5) is 4.39 Å². The van der Waals surface area contributed by atoms with Crippen molar-refractivity contribution in [2.24, 2.45) is 0 Å². The van der Waals surface area contributed by atoms with Gasteiger partial charge in [-0.25, -0.2) is 4.98 Å². The van der Waals surface area contributed by atoms with Gasteiger partial charge in [0.2, 0.25) is 0 Å². The quantitative estimate of drug-likeness (QED) is 0.609. The van der Waals surface area contributed by atoms with E-state index in [-0.39, 0.29) is 17.8 Å². The van der Waals surface area contributed by atoms with Gasteiger partial charge in [-0.05, 0) is 11.6 Å². The summed E-state index contributed by atoms with van der Waals surface area (Å²) in [5.41, 5.74) is 0.964. The van der Waals surface area contributed by atoms with Gasteiger partial charge in [-0.15, -0.1) is 0 Å². The van der Waals surface area contributed by atoms with Crippen LogP contribution in [0.2, 0.25) is 0 Å². The van der Waals surface area contributed by atoms with E-state index in [1.54, 1.807) is 0 Å². The Morgan fingerprint density at radius 3 is 2.61 bits per heavy atom. The van der Waals surface area contributed by atoms with Crippen LogP contribution >= 0.6 is 0 Å². The smallest absolute Gasteiger partial charge is 0.484 e. The minimum Gasteiger partial charge on any atom is -0.484 e. The van der Waals surface area contributed by atoms with Crippen molar-refractivity contribution in [2.45, 2.75) is 6.61 Å². The van der Waals surface area contributed by atoms with E-state index in [0.717, 1.165) is 11.8 Å². The predicted octanol–water partition coefficient (Wildman–Crippen LogP) is 0.479. The van der Waals surface area contributed by atoms with Gasteiger partial charge in [0.15, 0.2) is 5.75 Å². The zero-order valence-electron chi connectivity index (χ0n) is 9.45. The van der Waals surface area contributed by atoms with E-state index in [1.165, 1.54) is 6.07 Å². The lowest BCUT2D eigenvalue weighted by atomic mass is 9.82. The maximum Gasteiger partial charge on any atom is 0.490 e. The van der Waals surface area contributed by atoms with E-state index < -0.39 is 13.1 Å². The Kier molecular flexibility index (Phi) is 3.91. The Bertz CT molecular complexity index is 522. The highest BCUT2D eigenvalue weighted by molar-refractivity contribution is 6.58. The highest BCUT2D eigenvalue weighted by Gasteiger charge is 2.15. The number of benzene rings is 1. The number of ether oxygens (including phenoxy) is 1. The van der Waals surface area contributed by atoms with E-state index in [9.17, 15) is 4.39 Å². The van der Waals surface area contributed by atoms with Crippen LogP contribution in [0.3, 0.4) is 0 Å². The molecule has 0 saturated heterocycles. The Morgan fingerprint density at radius 1 is 1.22 bits per heavy atom. The van der Waals surface area contributed by atoms with Crippen molar-refractivity contribution in [3.05, 3.63) is 54.1 Å². The molecule has 0 aliphatic carbocycles. The standard InChI is InChI=1S/C12H11BFNO3/c14-12-11(6-10(7-15-12)13(16)17)18-8-9-4-2-1-3-5-9/h1-7,16-17H,8H2. The average molecular weight is 247 g/mol. The number of hydrogen-bond acceptors (Lipinski definition) is 4. The van der Waals surface area contributed by atoms with Gasteiger partial charge in [-0.2, -0.15) is 4.39 Å². The summed E-state index contributed by atoms with van der Waals surface area (Å²) in [6, 6.07) is 10.5. The molecular formula is C12H11BFNO3. The third kappa shape index (κ3) is 3.06. The van der Waals surface area contributed by atoms with Crippen molar-refractivity contribution in [2.75, 3.05) is 0 Å². The summed E-state index contributed by atoms with van der Waals surface area (Å²) < 4.78 is 18.6. The number of halogens is 1. The molecule has 1 aromatic heterocycles. The van der Waals surface area contributed by atoms with E-state index in [1.807, 2.05) is 30.3 Å². The molecule has 4 nitrogen and oxygen atoms in total. The Hall–Kier alpha value is -1.92. The normalized spacial score (nSPS) is 10.2. The molecule has 0 aliphatic heterocycles. The maximum atomic E-state index is 13.3. The summed E-state index contributed by atoms with van der Waals surface area (Å²) in [5.74, 6) is -0.889. The summed E-state index contributed by atoms with van der Waals surface area (Å²) >= 11 is 0. The van der Waals surface area contributed by atoms with Gasteiger partial charge in [-0.1, -0.05) is 30.3 Å². The predicted molar refractivity (Wildman–Crippen MR) is 64.8 cm³/mol. The van der Waals surface area contributed by atoms with Crippen LogP contribution in [0, 0.1) is 5.95 Å². The first-order chi connectivity index (χ1) is 8.66. The molecule has 0 aliphatic rings. The van der Waals surface area contributed by atoms with Crippen LogP contribution in [0.25, 0.3) is 0 Å². The fourth-order valence-electron chi connectivity index (χ4n) is 1.42. The lowest BCUT2D eigenvalue weighted by molar-refractivity contribution is 0.286. The molecule has 6 heteroatoms. The fourth-order valence-corrected chi connectivity index (χ4v) is 1.42. The van der Waals surface area contributed by atoms with Gasteiger partial charge in [0.25, 0.3) is 5.95 Å². The monoisotopic (exact) mass is 247 g/mol. The molecule has 2 N–H and O–H groups in total. The average Bonchev–Trinajstić information content (AvgIpc) is 2.38. The zero-order valence-corrected chi connectivity index (χ0v) is 9.45. The molecule has 0 fully saturated rings. The zero-order chi connectivity index (χ0) is 13.0. The molecule has 92 valence electrons. The van der Waals surface area contributed by atoms with Crippen LogP contribution < -0.4 is 10.2 Å². The molecule has 1 heterocycles. The third-order valence-electron chi connectivity index (χ3n) is 2.36. The van der Waals surface area contributed by atoms with E-state index in [2.05, 4.69) is 4.98 Å². The van der Waals surface area contributed by atoms with Gasteiger partial charge < -0.3 is 14.8 Å². The molecule has 0 atom stereocenters. The lowest BCUT2D eigenvalue weighted by Gasteiger charge is -2.08. The third-order valence-corrected chi connectivity index (χ3v) is 2.36. The van der Waals surface area contributed by atoms with Crippen LogP contribution in [0.1, 0.15) is 5.56 Å². The second-order valence-electron chi connectivity index (χ2n) is 3.71. The number of rotatable bonds is 4. The second-order valence-corrected chi connectivity index (χ2v) is 3.71. The SMILES string of the molecule is OB(O)c1cnc(F)c(OCc2ccccc2)c1. The van der Waals surface area contributed by atoms with E-state index >= 15 is 0 Å². The molecule has 1 aromatic carbocycles. The highest BCUT2D eigenvalue weighted by Crippen LogP contribution is 2.14. The van der Waals surface area contributed by atoms with Crippen LogP contribution in [-0.4, -0.2) is 22.2 Å². The molecule has 2 aromatic rings. The van der Waals surface area contributed by atoms with Crippen molar-refractivity contribution >= 4 is 12.6 Å². The first kappa shape index (κ1) is 12.5. The second kappa shape index (κ2) is 5.62. The molecule has 18 heavy (non-hydrogen) atoms. The summed E-state index contributed by atoms with van der Waals surface area (Å²) in [4.78, 5) is 3.40. The van der Waals surface area contributed by atoms with Crippen molar-refractivity contribution in [1.82, 2.24) is 4.98 Å². The fraction of sp³-hybridized carbons (Fsp3) is 0.0833. The van der Waals surface area contributed by atoms with Crippen molar-refractivity contribution < 1.29 is 19.2 Å². The Labute approximate surface area is 104 Å². The molecule has 0 amide bonds. The molecule has 0 bridgehead atoms. The largest absolute Gasteiger partial charge is 0.490 e. The number of aromatic nitrogens is 1. The van der Waals surface area contributed by atoms with Gasteiger partial charge in [-0.3, -0.25) is 0 Å². The first-order valence-electron chi connectivity index (χ1n) is 5.35. The van der Waals surface area contributed by atoms with Crippen LogP contribution in [0.5, 0.6) is 5.75 Å². The van der Waals surface area contributed by atoms with Gasteiger partial charge in [0.05, 0.1) is 0 Å². The van der Waals surface area contributed by atoms with Gasteiger partial charge in [0, 0.05) is 11.7 Å². The van der Waals surface area contributed by atoms with E-state index in [4.69, 9.17) is 14.8 Å². The summed E-state index contributed by atoms with van der Waals surface area (Å²) in [5, 5.41) is 17.9. The molecule has 0 unspecified atom stereocenters. The minimum absolute atomic E-state index is 0.0828. The van der Waals surface area contributed by atoms with Crippen LogP contribution in [0.15, 0.2) is 42.6 Å². The van der Waals surface area contributed by atoms with Crippen molar-refractivity contribution in [3.8, 4) is 5.75 Å². The highest BCUT2D eigenvalue weighted by atomic mass is 19.1. The molecule has 2 rings (SSSR count). The molecular weight excluding hydrogens is 236 g/mol. The van der Waals surface area contributed by atoms with Crippen molar-refractivity contribution in [1.29, 1.82) is 0 Å². The maximum absolute atomic E-state index is 13.3. The topological polar surface area (TPSA) is 62.6 Å². The first-order valence-corrected chi connectivity index (χ1v) is 5.35. The number of nitrogens with zero attached hydrogens (tertiary/aromatic N) is 1. The summed E-state index contributed by atoms with van der Waals surface area (Å²) in [6.07, 6.45) is 1.05. The van der Waals surface area contributed by atoms with Gasteiger partial charge >= 0.3 is 7.12 Å². The van der Waals surface area contributed by atoms with Crippen LogP contribution in [-0.2, 0) is 6.61 Å². The lowest BCUT2D eigenvalue weighted by Crippen LogP contribution is -2.30. The Morgan fingerprint density at radius 2 is 1.94 bits per heavy atom. The Balaban J connectivity index is 2.11. The molecule has 0 spiro atoms. The molecule has 0 saturated carbocycles. The minimum atomic E-state index is -1.70. The summed E-state index contributed by atoms with van der Waals surface area (Å²) in [6.45, 7) is 0.185. The van der Waals surface area contributed by atoms with E-state index in [0.29, 0.717) is 0 Å². The number of pyridine rings is 1. The number of hydrogen-bond donors (Lipinski definition) is 2.